The van der Waals surface area contributed by atoms with Crippen molar-refractivity contribution in [3.05, 3.63) is 181 Å². The molecule has 1 aliphatic rings. The van der Waals surface area contributed by atoms with Crippen LogP contribution in [0.25, 0.3) is 105 Å². The third-order valence-corrected chi connectivity index (χ3v) is 12.7. The number of hydrogen-bond donors (Lipinski definition) is 0. The molecule has 0 spiro atoms. The number of fused-ring (bicyclic) bond motifs is 10. The number of benzene rings is 5. The molecule has 6 heterocycles. The van der Waals surface area contributed by atoms with Crippen molar-refractivity contribution in [3.8, 4) is 45.3 Å². The molecule has 0 N–H and O–H groups in total. The van der Waals surface area contributed by atoms with Crippen LogP contribution >= 0.6 is 11.3 Å². The molecule has 57 heavy (non-hydrogen) atoms. The van der Waals surface area contributed by atoms with Gasteiger partial charge in [-0.1, -0.05) is 84.9 Å². The highest BCUT2D eigenvalue weighted by Crippen LogP contribution is 2.49. The highest BCUT2D eigenvalue weighted by Gasteiger charge is 2.25. The standard InChI is InChI=1S/C51H33N5S/c1-2-14-33(15-3-1)56-46-22-8-5-17-36(46)40-31-38(51-49(50(40)56)37-18-6-9-23-48(37)57-51)32-24-25-47-39(28-32)35-16-4-7-21-45(35)55(47)34-29-43(41-19-10-12-26-52-41)54-44(30-34)42-20-11-13-27-53-42/h1-8,10-22,24-31H,9,23H2. The Hall–Kier alpha value is -7.15. The van der Waals surface area contributed by atoms with Gasteiger partial charge >= 0.3 is 0 Å². The zero-order valence-corrected chi connectivity index (χ0v) is 31.6. The molecule has 0 unspecified atom stereocenters. The van der Waals surface area contributed by atoms with Crippen molar-refractivity contribution in [2.45, 2.75) is 12.8 Å². The number of aryl methyl sites for hydroxylation is 1. The number of para-hydroxylation sites is 3. The maximum atomic E-state index is 5.08. The van der Waals surface area contributed by atoms with Gasteiger partial charge in [-0.05, 0) is 103 Å². The fourth-order valence-electron chi connectivity index (χ4n) is 8.98. The van der Waals surface area contributed by atoms with Crippen LogP contribution in [0, 0.1) is 0 Å². The van der Waals surface area contributed by atoms with Crippen LogP contribution in [0.5, 0.6) is 0 Å². The summed E-state index contributed by atoms with van der Waals surface area (Å²) in [5.41, 5.74) is 14.1. The molecular weight excluding hydrogens is 715 g/mol. The van der Waals surface area contributed by atoms with E-state index in [1.165, 1.54) is 69.9 Å². The molecule has 5 aromatic carbocycles. The number of hydrogen-bond acceptors (Lipinski definition) is 4. The molecule has 5 nitrogen and oxygen atoms in total. The van der Waals surface area contributed by atoms with E-state index in [9.17, 15) is 0 Å². The van der Waals surface area contributed by atoms with Crippen molar-refractivity contribution in [1.82, 2.24) is 24.1 Å². The first-order valence-electron chi connectivity index (χ1n) is 19.4. The van der Waals surface area contributed by atoms with Gasteiger partial charge in [0.05, 0.1) is 50.5 Å². The molecule has 11 aromatic rings. The zero-order valence-electron chi connectivity index (χ0n) is 30.8. The molecule has 0 radical (unpaired) electrons. The summed E-state index contributed by atoms with van der Waals surface area (Å²) in [6, 6.07) is 54.2. The van der Waals surface area contributed by atoms with E-state index in [1.807, 2.05) is 60.1 Å². The Morgan fingerprint density at radius 2 is 1.16 bits per heavy atom. The van der Waals surface area contributed by atoms with Crippen molar-refractivity contribution >= 4 is 71.1 Å². The summed E-state index contributed by atoms with van der Waals surface area (Å²) in [5, 5.41) is 6.31. The summed E-state index contributed by atoms with van der Waals surface area (Å²) in [6.45, 7) is 0. The van der Waals surface area contributed by atoms with Crippen LogP contribution < -0.4 is 0 Å². The van der Waals surface area contributed by atoms with Crippen molar-refractivity contribution in [2.24, 2.45) is 0 Å². The van der Waals surface area contributed by atoms with E-state index in [2.05, 4.69) is 147 Å². The SMILES string of the molecule is C1=Cc2c(sc3c(-c4ccc5c(c4)c4ccccc4n5-c4cc(-c5ccccn5)nc(-c5ccccn5)c4)cc4c5ccccc5n(-c5ccccc5)c4c23)CC1. The predicted molar refractivity (Wildman–Crippen MR) is 238 cm³/mol. The lowest BCUT2D eigenvalue weighted by molar-refractivity contribution is 1.02. The predicted octanol–water partition coefficient (Wildman–Crippen LogP) is 13.2. The fraction of sp³-hybridized carbons (Fsp3) is 0.0392. The number of aromatic nitrogens is 5. The van der Waals surface area contributed by atoms with Crippen LogP contribution in [0.2, 0.25) is 0 Å². The number of thiophene rings is 1. The lowest BCUT2D eigenvalue weighted by Gasteiger charge is -2.13. The van der Waals surface area contributed by atoms with Crippen molar-refractivity contribution in [2.75, 3.05) is 0 Å². The molecule has 0 fully saturated rings. The van der Waals surface area contributed by atoms with Gasteiger partial charge in [-0.15, -0.1) is 11.3 Å². The van der Waals surface area contributed by atoms with Gasteiger partial charge < -0.3 is 9.13 Å². The third kappa shape index (κ3) is 4.97. The van der Waals surface area contributed by atoms with Crippen LogP contribution in [0.15, 0.2) is 170 Å². The van der Waals surface area contributed by atoms with E-state index < -0.39 is 0 Å². The monoisotopic (exact) mass is 747 g/mol. The minimum absolute atomic E-state index is 0.803. The molecule has 6 heteroatoms. The lowest BCUT2D eigenvalue weighted by Crippen LogP contribution is -1.99. The first-order chi connectivity index (χ1) is 28.3. The van der Waals surface area contributed by atoms with E-state index in [0.29, 0.717) is 0 Å². The van der Waals surface area contributed by atoms with Crippen LogP contribution in [0.4, 0.5) is 0 Å². The van der Waals surface area contributed by atoms with Crippen molar-refractivity contribution in [1.29, 1.82) is 0 Å². The normalized spacial score (nSPS) is 12.7. The van der Waals surface area contributed by atoms with Gasteiger partial charge in [0, 0.05) is 60.2 Å². The molecule has 0 atom stereocenters. The molecule has 0 saturated carbocycles. The maximum Gasteiger partial charge on any atom is 0.0915 e. The van der Waals surface area contributed by atoms with Gasteiger partial charge in [0.2, 0.25) is 0 Å². The maximum absolute atomic E-state index is 5.08. The van der Waals surface area contributed by atoms with E-state index >= 15 is 0 Å². The quantitative estimate of drug-likeness (QED) is 0.176. The van der Waals surface area contributed by atoms with Crippen LogP contribution in [0.3, 0.4) is 0 Å². The van der Waals surface area contributed by atoms with E-state index in [-0.39, 0.29) is 0 Å². The van der Waals surface area contributed by atoms with Gasteiger partial charge in [-0.3, -0.25) is 9.97 Å². The van der Waals surface area contributed by atoms with E-state index in [1.54, 1.807) is 0 Å². The van der Waals surface area contributed by atoms with Crippen LogP contribution in [0.1, 0.15) is 16.9 Å². The summed E-state index contributed by atoms with van der Waals surface area (Å²) in [6.07, 6.45) is 10.5. The van der Waals surface area contributed by atoms with Gasteiger partial charge in [-0.25, -0.2) is 4.98 Å². The summed E-state index contributed by atoms with van der Waals surface area (Å²) in [4.78, 5) is 15.9. The molecule has 0 bridgehead atoms. The Kier molecular flexibility index (Phi) is 7.16. The largest absolute Gasteiger partial charge is 0.309 e. The van der Waals surface area contributed by atoms with Crippen molar-refractivity contribution < 1.29 is 0 Å². The highest BCUT2D eigenvalue weighted by molar-refractivity contribution is 7.20. The zero-order chi connectivity index (χ0) is 37.5. The Balaban J connectivity index is 1.13. The Bertz CT molecular complexity index is 3330. The molecule has 0 amide bonds. The average Bonchev–Trinajstić information content (AvgIpc) is 3.94. The van der Waals surface area contributed by atoms with E-state index in [4.69, 9.17) is 4.98 Å². The Labute approximate surface area is 332 Å². The lowest BCUT2D eigenvalue weighted by atomic mass is 9.95. The highest BCUT2D eigenvalue weighted by atomic mass is 32.1. The summed E-state index contributed by atoms with van der Waals surface area (Å²) >= 11 is 1.97. The minimum atomic E-state index is 0.803. The van der Waals surface area contributed by atoms with Gasteiger partial charge in [-0.2, -0.15) is 0 Å². The van der Waals surface area contributed by atoms with Crippen LogP contribution in [-0.2, 0) is 6.42 Å². The molecule has 0 aliphatic heterocycles. The van der Waals surface area contributed by atoms with Crippen molar-refractivity contribution in [3.63, 3.8) is 0 Å². The molecule has 6 aromatic heterocycles. The second-order valence-corrected chi connectivity index (χ2v) is 15.8. The summed E-state index contributed by atoms with van der Waals surface area (Å²) < 4.78 is 6.20. The topological polar surface area (TPSA) is 48.5 Å². The second kappa shape index (κ2) is 12.7. The van der Waals surface area contributed by atoms with Gasteiger partial charge in [0.25, 0.3) is 0 Å². The second-order valence-electron chi connectivity index (χ2n) is 14.7. The molecule has 12 rings (SSSR count). The summed E-state index contributed by atoms with van der Waals surface area (Å²) in [5.74, 6) is 0. The first-order valence-corrected chi connectivity index (χ1v) is 20.2. The molecule has 268 valence electrons. The van der Waals surface area contributed by atoms with Gasteiger partial charge in [0.15, 0.2) is 0 Å². The smallest absolute Gasteiger partial charge is 0.0915 e. The minimum Gasteiger partial charge on any atom is -0.309 e. The number of rotatable bonds is 5. The fourth-order valence-corrected chi connectivity index (χ4v) is 10.3. The molecule has 1 aliphatic carbocycles. The number of nitrogens with zero attached hydrogens (tertiary/aromatic N) is 5. The van der Waals surface area contributed by atoms with E-state index in [0.717, 1.165) is 52.3 Å². The Morgan fingerprint density at radius 3 is 1.88 bits per heavy atom. The Morgan fingerprint density at radius 1 is 0.509 bits per heavy atom. The third-order valence-electron chi connectivity index (χ3n) is 11.4. The molecule has 0 saturated heterocycles. The average molecular weight is 748 g/mol. The summed E-state index contributed by atoms with van der Waals surface area (Å²) in [7, 11) is 0. The first kappa shape index (κ1) is 32.1. The number of allylic oxidation sites excluding steroid dienone is 1. The van der Waals surface area contributed by atoms with Crippen LogP contribution in [-0.4, -0.2) is 24.1 Å². The molecular formula is C51H33N5S. The van der Waals surface area contributed by atoms with Gasteiger partial charge in [0.1, 0.15) is 0 Å². The number of pyridine rings is 3.